The molecular formula is C14H14N4O2S2. The molecule has 3 N–H and O–H groups in total. The van der Waals surface area contributed by atoms with Gasteiger partial charge < -0.3 is 5.73 Å². The van der Waals surface area contributed by atoms with Crippen LogP contribution in [0.4, 0.5) is 10.8 Å². The van der Waals surface area contributed by atoms with Crippen molar-refractivity contribution in [2.24, 2.45) is 0 Å². The Morgan fingerprint density at radius 3 is 2.14 bits per heavy atom. The number of rotatable bonds is 3. The number of anilines is 2. The molecule has 0 unspecified atom stereocenters. The summed E-state index contributed by atoms with van der Waals surface area (Å²) < 4.78 is 26.0. The number of aromatic nitrogens is 2. The molecule has 0 saturated heterocycles. The van der Waals surface area contributed by atoms with E-state index in [2.05, 4.69) is 14.7 Å². The van der Waals surface area contributed by atoms with Crippen molar-refractivity contribution >= 4 is 32.2 Å². The van der Waals surface area contributed by atoms with Crippen LogP contribution in [0.3, 0.4) is 0 Å². The van der Waals surface area contributed by atoms with Crippen LogP contribution >= 0.6 is 11.3 Å². The van der Waals surface area contributed by atoms with Gasteiger partial charge in [-0.05, 0) is 36.4 Å². The largest absolute Gasteiger partial charge is 0.399 e. The Balaban J connectivity index is 0.000000246. The molecule has 3 rings (SSSR count). The maximum absolute atomic E-state index is 11.8. The number of pyridine rings is 1. The van der Waals surface area contributed by atoms with Crippen LogP contribution in [-0.4, -0.2) is 18.4 Å². The predicted molar refractivity (Wildman–Crippen MR) is 88.0 cm³/mol. The zero-order chi connectivity index (χ0) is 15.8. The Bertz CT molecular complexity index is 747. The second-order valence-corrected chi connectivity index (χ2v) is 6.61. The van der Waals surface area contributed by atoms with E-state index in [-0.39, 0.29) is 4.90 Å². The number of nitrogens with two attached hydrogens (primary N) is 1. The van der Waals surface area contributed by atoms with Crippen LogP contribution < -0.4 is 10.5 Å². The summed E-state index contributed by atoms with van der Waals surface area (Å²) >= 11 is 1.22. The fraction of sp³-hybridized carbons (Fsp3) is 0. The van der Waals surface area contributed by atoms with E-state index >= 15 is 0 Å². The molecule has 0 aliphatic heterocycles. The van der Waals surface area contributed by atoms with Crippen LogP contribution in [0.1, 0.15) is 0 Å². The quantitative estimate of drug-likeness (QED) is 0.718. The minimum Gasteiger partial charge on any atom is -0.399 e. The monoisotopic (exact) mass is 334 g/mol. The first-order valence-corrected chi connectivity index (χ1v) is 8.57. The van der Waals surface area contributed by atoms with E-state index in [0.29, 0.717) is 10.8 Å². The number of hydrogen-bond acceptors (Lipinski definition) is 6. The molecule has 0 bridgehead atoms. The van der Waals surface area contributed by atoms with E-state index in [0.717, 1.165) is 0 Å². The zero-order valence-corrected chi connectivity index (χ0v) is 13.1. The van der Waals surface area contributed by atoms with Crippen molar-refractivity contribution < 1.29 is 8.42 Å². The van der Waals surface area contributed by atoms with Gasteiger partial charge in [-0.1, -0.05) is 6.07 Å². The molecule has 8 heteroatoms. The standard InChI is InChI=1S/C9H9N3O2S2.C5H5N/c10-7-1-3-8(4-2-7)16(13,14)12-9-11-5-6-15-9;1-2-4-6-5-3-1/h1-6H,10H2,(H,11,12);1-5H. The first-order chi connectivity index (χ1) is 10.6. The number of nitrogens with one attached hydrogen (secondary N) is 1. The summed E-state index contributed by atoms with van der Waals surface area (Å²) in [7, 11) is -3.56. The lowest BCUT2D eigenvalue weighted by atomic mass is 10.3. The summed E-state index contributed by atoms with van der Waals surface area (Å²) in [5, 5.41) is 2.04. The lowest BCUT2D eigenvalue weighted by Gasteiger charge is -2.04. The third-order valence-electron chi connectivity index (χ3n) is 2.41. The molecule has 6 nitrogen and oxygen atoms in total. The summed E-state index contributed by atoms with van der Waals surface area (Å²) in [6, 6.07) is 11.7. The lowest BCUT2D eigenvalue weighted by molar-refractivity contribution is 0.601. The summed E-state index contributed by atoms with van der Waals surface area (Å²) in [5.41, 5.74) is 6.00. The maximum atomic E-state index is 11.8. The molecule has 0 amide bonds. The lowest BCUT2D eigenvalue weighted by Crippen LogP contribution is -2.12. The molecule has 2 heterocycles. The fourth-order valence-corrected chi connectivity index (χ4v) is 3.20. The normalized spacial score (nSPS) is 10.4. The summed E-state index contributed by atoms with van der Waals surface area (Å²) in [6.45, 7) is 0. The second kappa shape index (κ2) is 7.53. The van der Waals surface area contributed by atoms with Crippen LogP contribution in [0.25, 0.3) is 0 Å². The van der Waals surface area contributed by atoms with E-state index in [1.165, 1.54) is 41.8 Å². The maximum Gasteiger partial charge on any atom is 0.263 e. The molecule has 114 valence electrons. The second-order valence-electron chi connectivity index (χ2n) is 4.04. The van der Waals surface area contributed by atoms with Crippen molar-refractivity contribution in [1.82, 2.24) is 9.97 Å². The third kappa shape index (κ3) is 4.83. The molecular weight excluding hydrogens is 320 g/mol. The molecule has 0 radical (unpaired) electrons. The minimum atomic E-state index is -3.56. The van der Waals surface area contributed by atoms with Gasteiger partial charge in [0.15, 0.2) is 5.13 Å². The minimum absolute atomic E-state index is 0.164. The topological polar surface area (TPSA) is 98.0 Å². The number of thiazole rings is 1. The van der Waals surface area contributed by atoms with Crippen molar-refractivity contribution in [3.63, 3.8) is 0 Å². The van der Waals surface area contributed by atoms with E-state index in [1.807, 2.05) is 18.2 Å². The highest BCUT2D eigenvalue weighted by Crippen LogP contribution is 2.18. The van der Waals surface area contributed by atoms with Crippen LogP contribution in [-0.2, 0) is 10.0 Å². The number of sulfonamides is 1. The highest BCUT2D eigenvalue weighted by atomic mass is 32.2. The SMILES string of the molecule is Nc1ccc(S(=O)(=O)Nc2nccs2)cc1.c1ccncc1. The first kappa shape index (κ1) is 15.9. The van der Waals surface area contributed by atoms with Gasteiger partial charge in [0.1, 0.15) is 0 Å². The molecule has 0 atom stereocenters. The van der Waals surface area contributed by atoms with Gasteiger partial charge in [0, 0.05) is 29.7 Å². The van der Waals surface area contributed by atoms with Crippen LogP contribution in [0.5, 0.6) is 0 Å². The number of nitrogens with zero attached hydrogens (tertiary/aromatic N) is 2. The summed E-state index contributed by atoms with van der Waals surface area (Å²) in [6.07, 6.45) is 5.03. The van der Waals surface area contributed by atoms with E-state index < -0.39 is 10.0 Å². The molecule has 2 aromatic heterocycles. The molecule has 0 aliphatic rings. The van der Waals surface area contributed by atoms with Gasteiger partial charge >= 0.3 is 0 Å². The smallest absolute Gasteiger partial charge is 0.263 e. The van der Waals surface area contributed by atoms with Crippen molar-refractivity contribution in [3.8, 4) is 0 Å². The average Bonchev–Trinajstić information content (AvgIpc) is 3.02. The summed E-state index contributed by atoms with van der Waals surface area (Å²) in [5.74, 6) is 0. The van der Waals surface area contributed by atoms with Gasteiger partial charge in [-0.15, -0.1) is 11.3 Å². The zero-order valence-electron chi connectivity index (χ0n) is 11.5. The van der Waals surface area contributed by atoms with Gasteiger partial charge in [-0.2, -0.15) is 0 Å². The Kier molecular flexibility index (Phi) is 5.45. The van der Waals surface area contributed by atoms with Crippen molar-refractivity contribution in [2.45, 2.75) is 4.90 Å². The van der Waals surface area contributed by atoms with Crippen LogP contribution in [0.2, 0.25) is 0 Å². The molecule has 3 aromatic rings. The first-order valence-electron chi connectivity index (χ1n) is 6.21. The van der Waals surface area contributed by atoms with Gasteiger partial charge in [0.2, 0.25) is 0 Å². The third-order valence-corrected chi connectivity index (χ3v) is 4.58. The molecule has 0 fully saturated rings. The van der Waals surface area contributed by atoms with E-state index in [4.69, 9.17) is 5.73 Å². The van der Waals surface area contributed by atoms with Crippen molar-refractivity contribution in [2.75, 3.05) is 10.5 Å². The van der Waals surface area contributed by atoms with Crippen molar-refractivity contribution in [1.29, 1.82) is 0 Å². The summed E-state index contributed by atoms with van der Waals surface area (Å²) in [4.78, 5) is 7.80. The van der Waals surface area contributed by atoms with E-state index in [9.17, 15) is 8.42 Å². The number of benzene rings is 1. The van der Waals surface area contributed by atoms with Gasteiger partial charge in [0.25, 0.3) is 10.0 Å². The van der Waals surface area contributed by atoms with Crippen molar-refractivity contribution in [3.05, 3.63) is 66.4 Å². The van der Waals surface area contributed by atoms with Gasteiger partial charge in [-0.25, -0.2) is 13.4 Å². The fourth-order valence-electron chi connectivity index (χ4n) is 1.41. The molecule has 1 aromatic carbocycles. The Hall–Kier alpha value is -2.45. The molecule has 0 spiro atoms. The Morgan fingerprint density at radius 2 is 1.68 bits per heavy atom. The van der Waals surface area contributed by atoms with Crippen LogP contribution in [0.15, 0.2) is 71.3 Å². The highest BCUT2D eigenvalue weighted by Gasteiger charge is 2.14. The molecule has 22 heavy (non-hydrogen) atoms. The number of nitrogen functional groups attached to an aromatic ring is 1. The molecule has 0 saturated carbocycles. The number of hydrogen-bond donors (Lipinski definition) is 2. The average molecular weight is 334 g/mol. The highest BCUT2D eigenvalue weighted by molar-refractivity contribution is 7.93. The Labute approximate surface area is 132 Å². The molecule has 0 aliphatic carbocycles. The predicted octanol–water partition coefficient (Wildman–Crippen LogP) is 2.61. The van der Waals surface area contributed by atoms with Gasteiger partial charge in [0.05, 0.1) is 4.90 Å². The van der Waals surface area contributed by atoms with Gasteiger partial charge in [-0.3, -0.25) is 9.71 Å². The Morgan fingerprint density at radius 1 is 1.00 bits per heavy atom. The van der Waals surface area contributed by atoms with E-state index in [1.54, 1.807) is 17.8 Å². The van der Waals surface area contributed by atoms with Crippen LogP contribution in [0, 0.1) is 0 Å².